The van der Waals surface area contributed by atoms with Gasteiger partial charge in [0.15, 0.2) is 0 Å². The van der Waals surface area contributed by atoms with E-state index in [9.17, 15) is 0 Å². The predicted molar refractivity (Wildman–Crippen MR) is 430 cm³/mol. The van der Waals surface area contributed by atoms with E-state index in [4.69, 9.17) is 0 Å². The molecule has 0 radical (unpaired) electrons. The van der Waals surface area contributed by atoms with Crippen molar-refractivity contribution in [2.45, 2.75) is 151 Å². The molecule has 23 rings (SSSR count). The summed E-state index contributed by atoms with van der Waals surface area (Å²) < 4.78 is 0. The molecule has 8 atom stereocenters. The molecule has 0 N–H and O–H groups in total. The number of anilines is 8. The standard InChI is InChI=1S/C98H82N4/c1-91-45-49-95(91,5)99(63-21-13-9-14-22-63)83-41-29-59(53-79(83)91)67-33-37-71-75-57-77-73-39-35-69(61-31-43-85-81(55-61)93(3)47-51-97(93,7)101(85)65-25-17-11-18-26-65)88-70(62-32-44-86-82(56-62)94(4)48-52-98(94,8)102(86)66-27-19-12-20-28-66)36-40-74(90(73)88)78(77)58-76(75)72-38-34-68(87(67)89(71)72)60-30-42-84-80(54-60)92(2)46-50-96(92,6)100(84)64-23-15-10-16-24-64/h9-44,53-58H,45-52H2,1-8H3. The number of hydrogen-bond acceptors (Lipinski definition) is 4. The zero-order valence-electron chi connectivity index (χ0n) is 59.7. The van der Waals surface area contributed by atoms with E-state index in [0.29, 0.717) is 0 Å². The maximum Gasteiger partial charge on any atom is 0.0518 e. The predicted octanol–water partition coefficient (Wildman–Crippen LogP) is 26.0. The van der Waals surface area contributed by atoms with Crippen LogP contribution in [0, 0.1) is 0 Å². The lowest BCUT2D eigenvalue weighted by Gasteiger charge is -2.56. The second-order valence-corrected chi connectivity index (χ2v) is 34.1. The van der Waals surface area contributed by atoms with Gasteiger partial charge in [0.1, 0.15) is 0 Å². The van der Waals surface area contributed by atoms with Crippen molar-refractivity contribution < 1.29 is 0 Å². The van der Waals surface area contributed by atoms with Crippen molar-refractivity contribution in [2.75, 3.05) is 19.6 Å². The summed E-state index contributed by atoms with van der Waals surface area (Å²) in [4.78, 5) is 10.7. The molecular weight excluding hydrogens is 1230 g/mol. The molecule has 0 saturated heterocycles. The lowest BCUT2D eigenvalue weighted by Crippen LogP contribution is -2.60. The first-order chi connectivity index (χ1) is 49.5. The zero-order chi connectivity index (χ0) is 68.1. The van der Waals surface area contributed by atoms with Gasteiger partial charge < -0.3 is 19.6 Å². The van der Waals surface area contributed by atoms with Crippen LogP contribution in [0.2, 0.25) is 0 Å². The molecule has 102 heavy (non-hydrogen) atoms. The SMILES string of the molecule is CC12CCC1(C)N(c1ccccc1)c1ccc(-c3ccc4c5cc6c(cc5c5ccc(-c7ccc8c(c7)C7(C)CCC7(C)N8c7ccccc7)c3c45)c3ccc(-c4ccc5c(c4)C4(C)CCC4(C)N5c4ccccc4)c4c(-c5ccc7c(c5)C5(C)CCC5(C)N7c5ccccc5)ccc6c43)cc12. The van der Waals surface area contributed by atoms with E-state index in [1.165, 1.54) is 228 Å². The first-order valence-electron chi connectivity index (χ1n) is 37.9. The molecule has 4 fully saturated rings. The van der Waals surface area contributed by atoms with Gasteiger partial charge in [0, 0.05) is 67.2 Å². The average Bonchev–Trinajstić information content (AvgIpc) is 1.53. The Bertz CT molecular complexity index is 5460. The van der Waals surface area contributed by atoms with Crippen LogP contribution in [0.3, 0.4) is 0 Å². The summed E-state index contributed by atoms with van der Waals surface area (Å²) >= 11 is 0. The quantitative estimate of drug-likeness (QED) is 0.150. The van der Waals surface area contributed by atoms with Crippen molar-refractivity contribution in [3.63, 3.8) is 0 Å². The molecule has 0 amide bonds. The van der Waals surface area contributed by atoms with Crippen molar-refractivity contribution in [1.82, 2.24) is 0 Å². The molecule has 8 aliphatic rings. The van der Waals surface area contributed by atoms with Crippen molar-refractivity contribution in [3.8, 4) is 44.5 Å². The van der Waals surface area contributed by atoms with Crippen LogP contribution in [-0.2, 0) is 21.7 Å². The fraction of sp³-hybridized carbons (Fsp3) is 0.245. The summed E-state index contributed by atoms with van der Waals surface area (Å²) in [6, 6.07) is 100. The van der Waals surface area contributed by atoms with E-state index in [1.807, 2.05) is 0 Å². The van der Waals surface area contributed by atoms with Crippen LogP contribution in [0.4, 0.5) is 45.5 Å². The van der Waals surface area contributed by atoms with Gasteiger partial charge in [0.05, 0.1) is 22.2 Å². The Morgan fingerprint density at radius 1 is 0.206 bits per heavy atom. The van der Waals surface area contributed by atoms with E-state index in [1.54, 1.807) is 0 Å². The number of benzene rings is 13. The maximum atomic E-state index is 2.68. The lowest BCUT2D eigenvalue weighted by molar-refractivity contribution is 0.133. The van der Waals surface area contributed by atoms with Gasteiger partial charge in [-0.05, 0) is 320 Å². The molecule has 4 heteroatoms. The highest BCUT2D eigenvalue weighted by Crippen LogP contribution is 2.70. The molecular formula is C98H82N4. The Kier molecular flexibility index (Phi) is 10.9. The molecule has 15 aromatic carbocycles. The van der Waals surface area contributed by atoms with Gasteiger partial charge in [-0.1, -0.05) is 173 Å². The number of hydrogen-bond donors (Lipinski definition) is 0. The summed E-state index contributed by atoms with van der Waals surface area (Å²) in [6.07, 6.45) is 9.36. The zero-order valence-corrected chi connectivity index (χ0v) is 59.7. The van der Waals surface area contributed by atoms with Crippen LogP contribution in [0.5, 0.6) is 0 Å². The van der Waals surface area contributed by atoms with Gasteiger partial charge >= 0.3 is 0 Å². The van der Waals surface area contributed by atoms with Gasteiger partial charge in [-0.15, -0.1) is 0 Å². The van der Waals surface area contributed by atoms with E-state index < -0.39 is 0 Å². The topological polar surface area (TPSA) is 13.0 Å². The average molecular weight is 1320 g/mol. The Morgan fingerprint density at radius 3 is 0.637 bits per heavy atom. The second kappa shape index (κ2) is 19.0. The van der Waals surface area contributed by atoms with Gasteiger partial charge in [-0.2, -0.15) is 0 Å². The van der Waals surface area contributed by atoms with Crippen LogP contribution in [0.15, 0.2) is 255 Å². The number of para-hydroxylation sites is 4. The number of rotatable bonds is 8. The highest BCUT2D eigenvalue weighted by atomic mass is 15.3. The van der Waals surface area contributed by atoms with Gasteiger partial charge in [-0.3, -0.25) is 0 Å². The molecule has 8 unspecified atom stereocenters. The van der Waals surface area contributed by atoms with Crippen LogP contribution in [-0.4, -0.2) is 22.2 Å². The molecule has 494 valence electrons. The van der Waals surface area contributed by atoms with Gasteiger partial charge in [0.2, 0.25) is 0 Å². The van der Waals surface area contributed by atoms with Crippen molar-refractivity contribution >= 4 is 110 Å². The molecule has 0 spiro atoms. The third-order valence-electron chi connectivity index (χ3n) is 30.4. The van der Waals surface area contributed by atoms with E-state index >= 15 is 0 Å². The third kappa shape index (κ3) is 6.63. The third-order valence-corrected chi connectivity index (χ3v) is 30.4. The highest BCUT2D eigenvalue weighted by molar-refractivity contribution is 6.40. The second-order valence-electron chi connectivity index (χ2n) is 34.1. The first-order valence-corrected chi connectivity index (χ1v) is 37.9. The molecule has 4 aliphatic carbocycles. The lowest BCUT2D eigenvalue weighted by atomic mass is 9.55. The monoisotopic (exact) mass is 1310 g/mol. The van der Waals surface area contributed by atoms with Crippen molar-refractivity contribution in [1.29, 1.82) is 0 Å². The fourth-order valence-electron chi connectivity index (χ4n) is 23.4. The van der Waals surface area contributed by atoms with E-state index in [0.717, 1.165) is 0 Å². The molecule has 0 aromatic heterocycles. The van der Waals surface area contributed by atoms with Crippen LogP contribution < -0.4 is 19.6 Å². The normalized spacial score (nSPS) is 27.5. The Hall–Kier alpha value is -10.4. The minimum Gasteiger partial charge on any atom is -0.334 e. The Balaban J connectivity index is 0.751. The van der Waals surface area contributed by atoms with Crippen LogP contribution in [0.1, 0.15) is 129 Å². The molecule has 15 aromatic rings. The van der Waals surface area contributed by atoms with Crippen LogP contribution in [0.25, 0.3) is 109 Å². The number of nitrogens with zero attached hydrogens (tertiary/aromatic N) is 4. The Morgan fingerprint density at radius 2 is 0.431 bits per heavy atom. The summed E-state index contributed by atoms with van der Waals surface area (Å²) in [5.41, 5.74) is 26.9. The number of fused-ring (bicyclic) bond motifs is 18. The summed E-state index contributed by atoms with van der Waals surface area (Å²) in [6.45, 7) is 20.2. The first kappa shape index (κ1) is 58.2. The molecule has 4 aliphatic heterocycles. The van der Waals surface area contributed by atoms with E-state index in [-0.39, 0.29) is 43.8 Å². The highest BCUT2D eigenvalue weighted by Gasteiger charge is 2.66. The van der Waals surface area contributed by atoms with Crippen LogP contribution >= 0.6 is 0 Å². The van der Waals surface area contributed by atoms with Gasteiger partial charge in [-0.25, -0.2) is 0 Å². The smallest absolute Gasteiger partial charge is 0.0518 e. The summed E-state index contributed by atoms with van der Waals surface area (Å²) in [7, 11) is 0. The fourth-order valence-corrected chi connectivity index (χ4v) is 23.4. The molecule has 4 saturated carbocycles. The summed E-state index contributed by atoms with van der Waals surface area (Å²) in [5.74, 6) is 0. The molecule has 4 nitrogen and oxygen atoms in total. The minimum atomic E-state index is -0.00581. The largest absolute Gasteiger partial charge is 0.334 e. The van der Waals surface area contributed by atoms with Crippen molar-refractivity contribution in [3.05, 3.63) is 277 Å². The van der Waals surface area contributed by atoms with E-state index in [2.05, 4.69) is 330 Å². The van der Waals surface area contributed by atoms with Crippen molar-refractivity contribution in [2.24, 2.45) is 0 Å². The summed E-state index contributed by atoms with van der Waals surface area (Å²) in [5, 5.41) is 16.1. The Labute approximate surface area is 598 Å². The minimum absolute atomic E-state index is 0.00581. The van der Waals surface area contributed by atoms with Gasteiger partial charge in [0.25, 0.3) is 0 Å². The molecule has 0 bridgehead atoms. The maximum absolute atomic E-state index is 2.68. The molecule has 4 heterocycles.